The third-order valence-electron chi connectivity index (χ3n) is 6.13. The molecule has 5 nitrogen and oxygen atoms in total. The summed E-state index contributed by atoms with van der Waals surface area (Å²) >= 11 is 6.27. The van der Waals surface area contributed by atoms with E-state index in [0.717, 1.165) is 6.07 Å². The Hall–Kier alpha value is -2.65. The molecule has 0 saturated heterocycles. The molecule has 0 saturated carbocycles. The van der Waals surface area contributed by atoms with Crippen LogP contribution in [-0.2, 0) is 5.41 Å². The number of ether oxygens (including phenoxy) is 1. The van der Waals surface area contributed by atoms with Gasteiger partial charge < -0.3 is 15.2 Å². The number of aliphatic hydroxyl groups is 1. The summed E-state index contributed by atoms with van der Waals surface area (Å²) in [6.45, 7) is 4.84. The molecule has 0 bridgehead atoms. The van der Waals surface area contributed by atoms with Crippen LogP contribution < -0.4 is 10.1 Å². The van der Waals surface area contributed by atoms with Crippen molar-refractivity contribution in [2.45, 2.75) is 50.4 Å². The van der Waals surface area contributed by atoms with E-state index >= 15 is 0 Å². The Morgan fingerprint density at radius 1 is 1.21 bits per heavy atom. The van der Waals surface area contributed by atoms with Gasteiger partial charge in [-0.25, -0.2) is 14.4 Å². The van der Waals surface area contributed by atoms with Crippen LogP contribution in [0.5, 0.6) is 5.75 Å². The lowest BCUT2D eigenvalue weighted by atomic mass is 9.63. The number of rotatable bonds is 3. The number of anilines is 1. The number of aryl methyl sites for hydroxylation is 1. The zero-order valence-corrected chi connectivity index (χ0v) is 19.1. The van der Waals surface area contributed by atoms with Crippen molar-refractivity contribution in [3.63, 3.8) is 0 Å². The Labute approximate surface area is 192 Å². The van der Waals surface area contributed by atoms with E-state index in [1.807, 2.05) is 0 Å². The molecule has 1 aliphatic rings. The Bertz CT molecular complexity index is 1240. The fourth-order valence-electron chi connectivity index (χ4n) is 4.61. The Balaban J connectivity index is 1.97. The van der Waals surface area contributed by atoms with Gasteiger partial charge in [-0.15, -0.1) is 0 Å². The molecule has 2 unspecified atom stereocenters. The number of alkyl halides is 3. The summed E-state index contributed by atoms with van der Waals surface area (Å²) < 4.78 is 62.7. The van der Waals surface area contributed by atoms with E-state index < -0.39 is 35.5 Å². The van der Waals surface area contributed by atoms with Crippen LogP contribution in [0, 0.1) is 12.7 Å². The topological polar surface area (TPSA) is 67.3 Å². The molecule has 0 amide bonds. The lowest BCUT2D eigenvalue weighted by molar-refractivity contribution is -0.275. The number of nitrogens with zero attached hydrogens (tertiary/aromatic N) is 2. The molecule has 0 spiro atoms. The lowest BCUT2D eigenvalue weighted by Crippen LogP contribution is -2.58. The van der Waals surface area contributed by atoms with Gasteiger partial charge in [0.25, 0.3) is 0 Å². The molecule has 2 aromatic carbocycles. The molecule has 1 aromatic heterocycles. The first-order valence-electron chi connectivity index (χ1n) is 10.1. The first kappa shape index (κ1) is 23.5. The van der Waals surface area contributed by atoms with E-state index in [9.17, 15) is 22.7 Å². The summed E-state index contributed by atoms with van der Waals surface area (Å²) in [4.78, 5) is 8.25. The lowest BCUT2D eigenvalue weighted by Gasteiger charge is -2.49. The van der Waals surface area contributed by atoms with Crippen molar-refractivity contribution in [1.82, 2.24) is 9.97 Å². The van der Waals surface area contributed by atoms with Gasteiger partial charge in [-0.2, -0.15) is 13.2 Å². The largest absolute Gasteiger partial charge is 0.495 e. The zero-order chi connectivity index (χ0) is 24.3. The molecule has 33 heavy (non-hydrogen) atoms. The van der Waals surface area contributed by atoms with Crippen LogP contribution in [0.1, 0.15) is 43.3 Å². The monoisotopic (exact) mass is 483 g/mol. The number of benzene rings is 2. The summed E-state index contributed by atoms with van der Waals surface area (Å²) in [5.41, 5.74) is -3.32. The van der Waals surface area contributed by atoms with E-state index in [2.05, 4.69) is 15.3 Å². The number of hydrogen-bond acceptors (Lipinski definition) is 5. The van der Waals surface area contributed by atoms with E-state index in [0.29, 0.717) is 22.5 Å². The summed E-state index contributed by atoms with van der Waals surface area (Å²) in [5.74, 6) is -0.00275. The number of halogens is 5. The van der Waals surface area contributed by atoms with Crippen LogP contribution in [0.2, 0.25) is 5.02 Å². The maximum absolute atomic E-state index is 14.4. The zero-order valence-electron chi connectivity index (χ0n) is 18.3. The minimum atomic E-state index is -5.00. The molecule has 1 heterocycles. The molecular weight excluding hydrogens is 462 g/mol. The third-order valence-corrected chi connectivity index (χ3v) is 6.42. The minimum absolute atomic E-state index is 0.0234. The van der Waals surface area contributed by atoms with Crippen molar-refractivity contribution in [2.24, 2.45) is 0 Å². The summed E-state index contributed by atoms with van der Waals surface area (Å²) in [7, 11) is 1.41. The van der Waals surface area contributed by atoms with E-state index in [1.54, 1.807) is 26.8 Å². The van der Waals surface area contributed by atoms with E-state index in [-0.39, 0.29) is 21.8 Å². The second-order valence-electron chi connectivity index (χ2n) is 8.94. The van der Waals surface area contributed by atoms with E-state index in [1.165, 1.54) is 25.4 Å². The fourth-order valence-corrected chi connectivity index (χ4v) is 4.86. The van der Waals surface area contributed by atoms with Crippen LogP contribution >= 0.6 is 11.6 Å². The molecule has 2 atom stereocenters. The summed E-state index contributed by atoms with van der Waals surface area (Å²) in [6, 6.07) is 3.48. The summed E-state index contributed by atoms with van der Waals surface area (Å²) in [5, 5.41) is 14.3. The van der Waals surface area contributed by atoms with Crippen molar-refractivity contribution in [3.8, 4) is 5.75 Å². The molecule has 0 fully saturated rings. The number of fused-ring (bicyclic) bond motifs is 2. The molecule has 10 heteroatoms. The highest BCUT2D eigenvalue weighted by Crippen LogP contribution is 2.55. The average Bonchev–Trinajstić information content (AvgIpc) is 2.68. The molecule has 3 aromatic rings. The van der Waals surface area contributed by atoms with Gasteiger partial charge in [0.15, 0.2) is 5.60 Å². The molecule has 0 aliphatic heterocycles. The quantitative estimate of drug-likeness (QED) is 0.456. The van der Waals surface area contributed by atoms with Crippen LogP contribution in [0.25, 0.3) is 10.9 Å². The minimum Gasteiger partial charge on any atom is -0.495 e. The number of nitrogens with one attached hydrogen (secondary N) is 1. The van der Waals surface area contributed by atoms with Gasteiger partial charge in [-0.05, 0) is 48.1 Å². The maximum atomic E-state index is 14.4. The number of methoxy groups -OCH3 is 1. The van der Waals surface area contributed by atoms with Gasteiger partial charge in [0, 0.05) is 23.3 Å². The second-order valence-corrected chi connectivity index (χ2v) is 9.34. The standard InChI is InChI=1S/C23H22ClF4N3O2/c1-11-29-9-14-17(30-11)5-12(25)6-18(14)31-20-13-7-16(24)19(33-4)8-15(13)21(2,3)10-22(20,32)23(26,27)28/h5-9,20,31-32H,10H2,1-4H3. The van der Waals surface area contributed by atoms with Gasteiger partial charge in [0.05, 0.1) is 23.7 Å². The molecule has 176 valence electrons. The van der Waals surface area contributed by atoms with Crippen LogP contribution in [-0.4, -0.2) is 34.0 Å². The molecule has 0 radical (unpaired) electrons. The van der Waals surface area contributed by atoms with Crippen molar-refractivity contribution >= 4 is 28.2 Å². The highest BCUT2D eigenvalue weighted by atomic mass is 35.5. The van der Waals surface area contributed by atoms with Gasteiger partial charge in [-0.1, -0.05) is 25.4 Å². The first-order valence-corrected chi connectivity index (χ1v) is 10.5. The molecular formula is C23H22ClF4N3O2. The van der Waals surface area contributed by atoms with Gasteiger partial charge in [0.1, 0.15) is 17.4 Å². The highest BCUT2D eigenvalue weighted by Gasteiger charge is 2.64. The fraction of sp³-hybridized carbons (Fsp3) is 0.391. The third kappa shape index (κ3) is 3.87. The average molecular weight is 484 g/mol. The van der Waals surface area contributed by atoms with Crippen molar-refractivity contribution in [3.05, 3.63) is 58.3 Å². The smallest absolute Gasteiger partial charge is 0.419 e. The predicted molar refractivity (Wildman–Crippen MR) is 117 cm³/mol. The van der Waals surface area contributed by atoms with Gasteiger partial charge in [0.2, 0.25) is 0 Å². The first-order chi connectivity index (χ1) is 15.3. The number of hydrogen-bond donors (Lipinski definition) is 2. The molecule has 2 N–H and O–H groups in total. The van der Waals surface area contributed by atoms with Gasteiger partial charge in [-0.3, -0.25) is 0 Å². The molecule has 4 rings (SSSR count). The van der Waals surface area contributed by atoms with Crippen molar-refractivity contribution in [2.75, 3.05) is 12.4 Å². The Morgan fingerprint density at radius 2 is 1.91 bits per heavy atom. The van der Waals surface area contributed by atoms with Crippen LogP contribution in [0.4, 0.5) is 23.2 Å². The van der Waals surface area contributed by atoms with Crippen molar-refractivity contribution < 1.29 is 27.4 Å². The summed E-state index contributed by atoms with van der Waals surface area (Å²) in [6.07, 6.45) is -4.23. The molecule has 1 aliphatic carbocycles. The van der Waals surface area contributed by atoms with Crippen LogP contribution in [0.15, 0.2) is 30.5 Å². The van der Waals surface area contributed by atoms with E-state index in [4.69, 9.17) is 16.3 Å². The Kier molecular flexibility index (Phi) is 5.48. The SMILES string of the molecule is COc1cc2c(cc1Cl)C(Nc1cc(F)cc3nc(C)ncc13)C(O)(C(F)(F)F)CC2(C)C. The highest BCUT2D eigenvalue weighted by molar-refractivity contribution is 6.32. The maximum Gasteiger partial charge on any atom is 0.419 e. The normalized spacial score (nSPS) is 22.2. The van der Waals surface area contributed by atoms with Gasteiger partial charge >= 0.3 is 6.18 Å². The van der Waals surface area contributed by atoms with Crippen molar-refractivity contribution in [1.29, 1.82) is 0 Å². The Morgan fingerprint density at radius 3 is 2.55 bits per heavy atom. The number of aromatic nitrogens is 2. The predicted octanol–water partition coefficient (Wildman–Crippen LogP) is 5.87. The van der Waals surface area contributed by atoms with Crippen LogP contribution in [0.3, 0.4) is 0 Å². The second kappa shape index (κ2) is 7.70.